The monoisotopic (exact) mass is 508 g/mol. The van der Waals surface area contributed by atoms with Crippen LogP contribution in [0, 0.1) is 40.9 Å². The molecule has 4 aliphatic carbocycles. The van der Waals surface area contributed by atoms with Crippen LogP contribution >= 0.6 is 0 Å². The Kier molecular flexibility index (Phi) is 7.24. The zero-order valence-electron chi connectivity index (χ0n) is 22.3. The molecule has 0 spiro atoms. The Hall–Kier alpha value is -0.470. The minimum absolute atomic E-state index is 0.156. The van der Waals surface area contributed by atoms with E-state index >= 15 is 0 Å². The summed E-state index contributed by atoms with van der Waals surface area (Å²) in [7, 11) is -0.446. The van der Waals surface area contributed by atoms with Crippen molar-refractivity contribution in [3.63, 3.8) is 0 Å². The van der Waals surface area contributed by atoms with Gasteiger partial charge in [-0.2, -0.15) is 0 Å². The Morgan fingerprint density at radius 1 is 1.03 bits per heavy atom. The molecule has 1 heterocycles. The molecule has 0 amide bonds. The number of carbonyl (C=O) groups excluding carboxylic acids is 1. The molecule has 4 saturated carbocycles. The molecule has 35 heavy (non-hydrogen) atoms. The van der Waals surface area contributed by atoms with Crippen molar-refractivity contribution < 1.29 is 18.8 Å². The molecule has 0 aromatic heterocycles. The number of nitrogens with zero attached hydrogens (tertiary/aromatic N) is 2. The van der Waals surface area contributed by atoms with Crippen LogP contribution in [-0.4, -0.2) is 88.5 Å². The third kappa shape index (κ3) is 4.89. The predicted molar refractivity (Wildman–Crippen MR) is 142 cm³/mol. The van der Waals surface area contributed by atoms with E-state index in [4.69, 9.17) is 4.74 Å². The fourth-order valence-electron chi connectivity index (χ4n) is 9.50. The molecule has 1 saturated heterocycles. The maximum Gasteiger partial charge on any atom is 0.150 e. The van der Waals surface area contributed by atoms with Crippen molar-refractivity contribution in [1.82, 2.24) is 9.21 Å². The van der Waals surface area contributed by atoms with Gasteiger partial charge in [0.25, 0.3) is 0 Å². The number of piperazine rings is 1. The van der Waals surface area contributed by atoms with Crippen molar-refractivity contribution in [3.05, 3.63) is 0 Å². The van der Waals surface area contributed by atoms with Gasteiger partial charge in [-0.25, -0.2) is 4.31 Å². The number of methoxy groups -OCH3 is 1. The molecule has 0 bridgehead atoms. The van der Waals surface area contributed by atoms with Crippen molar-refractivity contribution in [3.8, 4) is 0 Å². The molecule has 0 aromatic carbocycles. The Morgan fingerprint density at radius 2 is 1.74 bits per heavy atom. The molecule has 5 rings (SSSR count). The first-order chi connectivity index (χ1) is 16.5. The van der Waals surface area contributed by atoms with Crippen LogP contribution in [0.2, 0.25) is 0 Å². The second-order valence-corrected chi connectivity index (χ2v) is 15.6. The molecule has 1 aliphatic heterocycles. The third-order valence-electron chi connectivity index (χ3n) is 11.2. The molecular formula is C28H48N2O4S. The van der Waals surface area contributed by atoms with E-state index in [-0.39, 0.29) is 11.3 Å². The summed E-state index contributed by atoms with van der Waals surface area (Å²) >= 11 is 0. The summed E-state index contributed by atoms with van der Waals surface area (Å²) in [6, 6.07) is 0. The molecule has 9 atom stereocenters. The summed E-state index contributed by atoms with van der Waals surface area (Å²) < 4.78 is 19.6. The zero-order chi connectivity index (χ0) is 25.0. The largest absolute Gasteiger partial charge is 0.387 e. The van der Waals surface area contributed by atoms with Crippen LogP contribution in [-0.2, 0) is 19.2 Å². The predicted octanol–water partition coefficient (Wildman–Crippen LogP) is 3.08. The summed E-state index contributed by atoms with van der Waals surface area (Å²) in [6.45, 7) is 6.56. The Labute approximate surface area is 213 Å². The Balaban J connectivity index is 1.21. The molecule has 0 aromatic rings. The van der Waals surface area contributed by atoms with Gasteiger partial charge in [-0.15, -0.1) is 0 Å². The number of hydrogen-bond acceptors (Lipinski definition) is 5. The van der Waals surface area contributed by atoms with E-state index in [0.717, 1.165) is 69.6 Å². The van der Waals surface area contributed by atoms with Crippen LogP contribution < -0.4 is 0 Å². The van der Waals surface area contributed by atoms with E-state index in [1.54, 1.807) is 13.4 Å². The number of hydrogen-bond donors (Lipinski definition) is 1. The highest BCUT2D eigenvalue weighted by atomic mass is 32.2. The molecule has 0 radical (unpaired) electrons. The summed E-state index contributed by atoms with van der Waals surface area (Å²) in [6.07, 6.45) is 11.9. The van der Waals surface area contributed by atoms with E-state index in [0.29, 0.717) is 30.8 Å². The van der Waals surface area contributed by atoms with Crippen LogP contribution in [0.15, 0.2) is 0 Å². The number of fused-ring (bicyclic) bond motifs is 5. The quantitative estimate of drug-likeness (QED) is 0.559. The van der Waals surface area contributed by atoms with Crippen molar-refractivity contribution in [2.75, 3.05) is 52.7 Å². The number of aliphatic hydroxyl groups is 1. The summed E-state index contributed by atoms with van der Waals surface area (Å²) in [5, 5.41) is 11.0. The second kappa shape index (κ2) is 9.68. The first-order valence-corrected chi connectivity index (χ1v) is 16.2. The minimum Gasteiger partial charge on any atom is -0.387 e. The molecule has 5 fully saturated rings. The highest BCUT2D eigenvalue weighted by Gasteiger charge is 2.59. The normalized spacial score (nSPS) is 46.3. The molecule has 200 valence electrons. The van der Waals surface area contributed by atoms with Gasteiger partial charge in [0, 0.05) is 55.2 Å². The first kappa shape index (κ1) is 26.1. The number of rotatable bonds is 6. The highest BCUT2D eigenvalue weighted by molar-refractivity contribution is 7.97. The third-order valence-corrected chi connectivity index (χ3v) is 12.6. The van der Waals surface area contributed by atoms with Gasteiger partial charge in [-0.05, 0) is 98.7 Å². The maximum atomic E-state index is 13.6. The van der Waals surface area contributed by atoms with Gasteiger partial charge in [0.15, 0.2) is 0 Å². The molecule has 1 unspecified atom stereocenters. The first-order valence-electron chi connectivity index (χ1n) is 14.1. The summed E-state index contributed by atoms with van der Waals surface area (Å²) in [4.78, 5) is 15.9. The van der Waals surface area contributed by atoms with Crippen LogP contribution in [0.25, 0.3) is 0 Å². The highest BCUT2D eigenvalue weighted by Crippen LogP contribution is 2.64. The average Bonchev–Trinajstić information content (AvgIpc) is 3.16. The van der Waals surface area contributed by atoms with Crippen molar-refractivity contribution in [2.24, 2.45) is 40.9 Å². The molecular weight excluding hydrogens is 460 g/mol. The van der Waals surface area contributed by atoms with Gasteiger partial charge in [0.1, 0.15) is 5.78 Å². The van der Waals surface area contributed by atoms with Crippen LogP contribution in [0.3, 0.4) is 0 Å². The van der Waals surface area contributed by atoms with Crippen LogP contribution in [0.5, 0.6) is 0 Å². The van der Waals surface area contributed by atoms with Crippen molar-refractivity contribution >= 4 is 21.4 Å². The van der Waals surface area contributed by atoms with E-state index in [9.17, 15) is 14.1 Å². The lowest BCUT2D eigenvalue weighted by atomic mass is 9.49. The number of carbonyl (C=O) groups is 1. The lowest BCUT2D eigenvalue weighted by Gasteiger charge is -2.57. The van der Waals surface area contributed by atoms with Gasteiger partial charge >= 0.3 is 0 Å². The number of ketones is 1. The smallest absolute Gasteiger partial charge is 0.150 e. The van der Waals surface area contributed by atoms with Gasteiger partial charge in [-0.1, -0.05) is 6.92 Å². The summed E-state index contributed by atoms with van der Waals surface area (Å²) in [5.74, 6) is 8.10. The standard InChI is InChI=1S/C28H48N2O4S/c1-27-11-9-22-21-10-12-28(32,19-34-2)17-20(21)5-6-23(22)24(27)7-8-25(27)26(31)18-29-13-15-30(16-14-29)35(3,4)33/h20-25,32H,3,5-19H2,1-2,4H3/t20-,21+,22-,23-,24+,25-,27+,28-,35?/m1/s1. The summed E-state index contributed by atoms with van der Waals surface area (Å²) in [5.41, 5.74) is -0.465. The molecule has 5 aliphatic rings. The van der Waals surface area contributed by atoms with Crippen LogP contribution in [0.1, 0.15) is 64.7 Å². The fraction of sp³-hybridized carbons (Fsp3) is 0.929. The molecule has 6 nitrogen and oxygen atoms in total. The van der Waals surface area contributed by atoms with Gasteiger partial charge in [-0.3, -0.25) is 13.9 Å². The average molecular weight is 509 g/mol. The lowest BCUT2D eigenvalue weighted by Crippen LogP contribution is -2.53. The maximum absolute atomic E-state index is 13.6. The van der Waals surface area contributed by atoms with E-state index in [1.165, 1.54) is 32.1 Å². The van der Waals surface area contributed by atoms with Gasteiger partial charge < -0.3 is 9.84 Å². The topological polar surface area (TPSA) is 70.1 Å². The van der Waals surface area contributed by atoms with E-state index < -0.39 is 15.3 Å². The second-order valence-electron chi connectivity index (χ2n) is 13.1. The zero-order valence-corrected chi connectivity index (χ0v) is 23.1. The number of Topliss-reactive ketones (excluding diaryl/α,β-unsaturated/α-hetero) is 1. The minimum atomic E-state index is -2.15. The van der Waals surface area contributed by atoms with E-state index in [1.807, 2.05) is 4.31 Å². The Bertz CT molecular complexity index is 901. The van der Waals surface area contributed by atoms with Gasteiger partial charge in [0.2, 0.25) is 0 Å². The fourth-order valence-corrected chi connectivity index (χ4v) is 10.4. The van der Waals surface area contributed by atoms with Crippen LogP contribution in [0.4, 0.5) is 0 Å². The number of ether oxygens (including phenoxy) is 1. The van der Waals surface area contributed by atoms with Crippen molar-refractivity contribution in [2.45, 2.75) is 70.3 Å². The van der Waals surface area contributed by atoms with E-state index in [2.05, 4.69) is 17.7 Å². The lowest BCUT2D eigenvalue weighted by molar-refractivity contribution is -0.137. The Morgan fingerprint density at radius 3 is 2.43 bits per heavy atom. The van der Waals surface area contributed by atoms with Crippen molar-refractivity contribution in [1.29, 1.82) is 0 Å². The molecule has 1 N–H and O–H groups in total. The molecule has 7 heteroatoms. The van der Waals surface area contributed by atoms with Gasteiger partial charge in [0.05, 0.1) is 18.8 Å². The SMILES string of the molecule is C=S(C)(=O)N1CCN(CC(=O)[C@H]2CC[C@H]3[C@@H]4CC[C@@H]5C[C@@](O)(COC)CC[C@@H]5[C@H]4CC[C@]23C)CC1.